The number of benzene rings is 2. The van der Waals surface area contributed by atoms with Crippen molar-refractivity contribution in [2.45, 2.75) is 18.1 Å². The van der Waals surface area contributed by atoms with E-state index in [2.05, 4.69) is 15.4 Å². The van der Waals surface area contributed by atoms with Gasteiger partial charge in [-0.25, -0.2) is 9.50 Å². The molecule has 0 spiro atoms. The van der Waals surface area contributed by atoms with Gasteiger partial charge in [0.25, 0.3) is 0 Å². The van der Waals surface area contributed by atoms with Gasteiger partial charge >= 0.3 is 6.18 Å². The lowest BCUT2D eigenvalue weighted by Crippen LogP contribution is -2.18. The monoisotopic (exact) mass is 472 g/mol. The Balaban J connectivity index is 1.49. The molecule has 2 aromatic carbocycles. The number of nitrogens with zero attached hydrogens (tertiary/aromatic N) is 3. The van der Waals surface area contributed by atoms with Crippen molar-refractivity contribution < 1.29 is 22.7 Å². The van der Waals surface area contributed by atoms with E-state index >= 15 is 0 Å². The Morgan fingerprint density at radius 3 is 2.64 bits per heavy atom. The Labute approximate surface area is 191 Å². The number of hydrogen-bond acceptors (Lipinski definition) is 5. The van der Waals surface area contributed by atoms with Crippen molar-refractivity contribution in [3.63, 3.8) is 0 Å². The highest BCUT2D eigenvalue weighted by atomic mass is 32.2. The summed E-state index contributed by atoms with van der Waals surface area (Å²) < 4.78 is 46.5. The first kappa shape index (κ1) is 22.7. The lowest BCUT2D eigenvalue weighted by molar-refractivity contribution is -0.137. The van der Waals surface area contributed by atoms with E-state index < -0.39 is 17.6 Å². The molecule has 0 radical (unpaired) electrons. The standard InChI is InChI=1S/C23H19F3N4O2S/c1-2-32-16-9-7-15(8-10-16)19-13-20-22(27-11-12-30(20)29-19)33-14-21(31)28-18-6-4-3-5-17(18)23(24,25)26/h3-13H,2,14H2,1H3,(H,28,31). The van der Waals surface area contributed by atoms with E-state index in [4.69, 9.17) is 4.74 Å². The van der Waals surface area contributed by atoms with Gasteiger partial charge in [-0.2, -0.15) is 18.3 Å². The zero-order chi connectivity index (χ0) is 23.4. The molecule has 0 saturated heterocycles. The molecule has 0 aliphatic carbocycles. The summed E-state index contributed by atoms with van der Waals surface area (Å²) in [5, 5.41) is 7.43. The van der Waals surface area contributed by atoms with Crippen LogP contribution in [-0.2, 0) is 11.0 Å². The predicted octanol–water partition coefficient (Wildman–Crippen LogP) is 5.54. The molecule has 2 aromatic heterocycles. The SMILES string of the molecule is CCOc1ccc(-c2cc3c(SCC(=O)Nc4ccccc4C(F)(F)F)nccn3n2)cc1. The molecule has 10 heteroatoms. The zero-order valence-electron chi connectivity index (χ0n) is 17.5. The molecule has 0 unspecified atom stereocenters. The summed E-state index contributed by atoms with van der Waals surface area (Å²) in [7, 11) is 0. The van der Waals surface area contributed by atoms with Gasteiger partial charge in [-0.15, -0.1) is 0 Å². The number of aromatic nitrogens is 3. The average molecular weight is 472 g/mol. The van der Waals surface area contributed by atoms with Crippen molar-refractivity contribution in [1.29, 1.82) is 0 Å². The molecule has 0 saturated carbocycles. The van der Waals surface area contributed by atoms with Crippen molar-refractivity contribution in [3.05, 3.63) is 72.6 Å². The van der Waals surface area contributed by atoms with Crippen LogP contribution in [-0.4, -0.2) is 32.9 Å². The summed E-state index contributed by atoms with van der Waals surface area (Å²) in [6.45, 7) is 2.49. The molecule has 33 heavy (non-hydrogen) atoms. The van der Waals surface area contributed by atoms with Crippen LogP contribution in [0.2, 0.25) is 0 Å². The second-order valence-electron chi connectivity index (χ2n) is 6.93. The number of thioether (sulfide) groups is 1. The van der Waals surface area contributed by atoms with Crippen LogP contribution in [0.5, 0.6) is 5.75 Å². The Morgan fingerprint density at radius 2 is 1.91 bits per heavy atom. The molecule has 170 valence electrons. The molecule has 0 aliphatic rings. The smallest absolute Gasteiger partial charge is 0.418 e. The molecule has 0 aliphatic heterocycles. The number of amides is 1. The number of halogens is 3. The number of carbonyl (C=O) groups is 1. The van der Waals surface area contributed by atoms with Gasteiger partial charge in [0, 0.05) is 18.0 Å². The number of nitrogens with one attached hydrogen (secondary N) is 1. The fourth-order valence-electron chi connectivity index (χ4n) is 3.20. The number of hydrogen-bond donors (Lipinski definition) is 1. The Hall–Kier alpha value is -3.53. The summed E-state index contributed by atoms with van der Waals surface area (Å²) in [4.78, 5) is 16.7. The molecule has 0 fully saturated rings. The Kier molecular flexibility index (Phi) is 6.55. The van der Waals surface area contributed by atoms with Crippen molar-refractivity contribution in [3.8, 4) is 17.0 Å². The summed E-state index contributed by atoms with van der Waals surface area (Å²) in [6, 6.07) is 14.2. The molecule has 4 rings (SSSR count). The van der Waals surface area contributed by atoms with Crippen LogP contribution in [0.25, 0.3) is 16.8 Å². The van der Waals surface area contributed by atoms with Gasteiger partial charge in [-0.1, -0.05) is 23.9 Å². The molecular formula is C23H19F3N4O2S. The van der Waals surface area contributed by atoms with Gasteiger partial charge in [-0.3, -0.25) is 4.79 Å². The van der Waals surface area contributed by atoms with Gasteiger partial charge in [0.2, 0.25) is 5.91 Å². The van der Waals surface area contributed by atoms with E-state index in [0.29, 0.717) is 17.1 Å². The lowest BCUT2D eigenvalue weighted by Gasteiger charge is -2.13. The van der Waals surface area contributed by atoms with Crippen LogP contribution in [0.15, 0.2) is 72.0 Å². The van der Waals surface area contributed by atoms with Crippen molar-refractivity contribution in [2.24, 2.45) is 0 Å². The first-order valence-corrected chi connectivity index (χ1v) is 11.0. The van der Waals surface area contributed by atoms with E-state index in [1.165, 1.54) is 18.2 Å². The average Bonchev–Trinajstić information content (AvgIpc) is 3.23. The topological polar surface area (TPSA) is 68.5 Å². The quantitative estimate of drug-likeness (QED) is 0.358. The van der Waals surface area contributed by atoms with Crippen LogP contribution in [0.1, 0.15) is 12.5 Å². The molecule has 1 amide bonds. The van der Waals surface area contributed by atoms with E-state index in [0.717, 1.165) is 34.8 Å². The minimum atomic E-state index is -4.56. The molecular weight excluding hydrogens is 453 g/mol. The van der Waals surface area contributed by atoms with Crippen LogP contribution >= 0.6 is 11.8 Å². The largest absolute Gasteiger partial charge is 0.494 e. The first-order chi connectivity index (χ1) is 15.8. The number of carbonyl (C=O) groups excluding carboxylic acids is 1. The van der Waals surface area contributed by atoms with E-state index in [1.807, 2.05) is 37.3 Å². The third kappa shape index (κ3) is 5.28. The maximum absolute atomic E-state index is 13.1. The van der Waals surface area contributed by atoms with Gasteiger partial charge in [0.15, 0.2) is 0 Å². The number of rotatable bonds is 7. The van der Waals surface area contributed by atoms with Crippen LogP contribution < -0.4 is 10.1 Å². The minimum Gasteiger partial charge on any atom is -0.494 e. The molecule has 0 atom stereocenters. The number of ether oxygens (including phenoxy) is 1. The Bertz CT molecular complexity index is 1270. The van der Waals surface area contributed by atoms with Crippen LogP contribution in [0.3, 0.4) is 0 Å². The fraction of sp³-hybridized carbons (Fsp3) is 0.174. The highest BCUT2D eigenvalue weighted by Gasteiger charge is 2.33. The maximum atomic E-state index is 13.1. The fourth-order valence-corrected chi connectivity index (χ4v) is 3.97. The lowest BCUT2D eigenvalue weighted by atomic mass is 10.1. The molecule has 4 aromatic rings. The minimum absolute atomic E-state index is 0.109. The highest BCUT2D eigenvalue weighted by molar-refractivity contribution is 8.00. The highest BCUT2D eigenvalue weighted by Crippen LogP contribution is 2.35. The van der Waals surface area contributed by atoms with Crippen molar-refractivity contribution >= 4 is 28.9 Å². The third-order valence-electron chi connectivity index (χ3n) is 4.66. The van der Waals surface area contributed by atoms with Crippen LogP contribution in [0.4, 0.5) is 18.9 Å². The predicted molar refractivity (Wildman–Crippen MR) is 120 cm³/mol. The molecule has 2 heterocycles. The van der Waals surface area contributed by atoms with E-state index in [-0.39, 0.29) is 11.4 Å². The maximum Gasteiger partial charge on any atom is 0.418 e. The summed E-state index contributed by atoms with van der Waals surface area (Å²) in [5.74, 6) is 0.0930. The second-order valence-corrected chi connectivity index (χ2v) is 7.89. The number of para-hydroxylation sites is 1. The van der Waals surface area contributed by atoms with Gasteiger partial charge < -0.3 is 10.1 Å². The summed E-state index contributed by atoms with van der Waals surface area (Å²) in [5.41, 5.74) is 1.13. The summed E-state index contributed by atoms with van der Waals surface area (Å²) in [6.07, 6.45) is -1.31. The third-order valence-corrected chi connectivity index (χ3v) is 5.66. The first-order valence-electron chi connectivity index (χ1n) is 10.0. The van der Waals surface area contributed by atoms with E-state index in [1.54, 1.807) is 16.9 Å². The summed E-state index contributed by atoms with van der Waals surface area (Å²) >= 11 is 1.12. The van der Waals surface area contributed by atoms with Gasteiger partial charge in [0.1, 0.15) is 10.8 Å². The number of fused-ring (bicyclic) bond motifs is 1. The van der Waals surface area contributed by atoms with Gasteiger partial charge in [-0.05, 0) is 49.4 Å². The van der Waals surface area contributed by atoms with Crippen molar-refractivity contribution in [1.82, 2.24) is 14.6 Å². The molecule has 0 bridgehead atoms. The van der Waals surface area contributed by atoms with E-state index in [9.17, 15) is 18.0 Å². The zero-order valence-corrected chi connectivity index (χ0v) is 18.3. The Morgan fingerprint density at radius 1 is 1.15 bits per heavy atom. The molecule has 6 nitrogen and oxygen atoms in total. The van der Waals surface area contributed by atoms with Crippen molar-refractivity contribution in [2.75, 3.05) is 17.7 Å². The number of anilines is 1. The normalized spacial score (nSPS) is 11.5. The molecule has 1 N–H and O–H groups in total. The number of alkyl halides is 3. The second kappa shape index (κ2) is 9.53. The van der Waals surface area contributed by atoms with Crippen LogP contribution in [0, 0.1) is 0 Å². The van der Waals surface area contributed by atoms with Gasteiger partial charge in [0.05, 0.1) is 34.8 Å².